The van der Waals surface area contributed by atoms with Crippen LogP contribution in [0.4, 0.5) is 9.80 Å². The molecule has 8 nitrogen and oxygen atoms in total. The average molecular weight is 490 g/mol. The quantitative estimate of drug-likeness (QED) is 0.499. The number of rotatable bonds is 8. The molecular weight excluding hydrogens is 462 g/mol. The Kier molecular flexibility index (Phi) is 7.95. The van der Waals surface area contributed by atoms with E-state index < -0.39 is 0 Å². The Morgan fingerprint density at radius 2 is 2.09 bits per heavy atom. The van der Waals surface area contributed by atoms with Crippen LogP contribution in [0.2, 0.25) is 0 Å². The van der Waals surface area contributed by atoms with E-state index >= 15 is 0 Å². The Labute approximate surface area is 208 Å². The minimum atomic E-state index is -0.156. The van der Waals surface area contributed by atoms with Crippen LogP contribution >= 0.6 is 11.3 Å². The molecule has 0 radical (unpaired) electrons. The second kappa shape index (κ2) is 11.5. The normalized spacial score (nSPS) is 12.4. The highest BCUT2D eigenvalue weighted by atomic mass is 32.1. The molecule has 4 rings (SSSR count). The third kappa shape index (κ3) is 5.97. The minimum Gasteiger partial charge on any atom is -0.496 e. The number of carbonyl (C=O) groups excluding carboxylic acids is 2. The summed E-state index contributed by atoms with van der Waals surface area (Å²) in [4.78, 5) is 32.1. The van der Waals surface area contributed by atoms with Crippen LogP contribution in [0.3, 0.4) is 0 Å². The van der Waals surface area contributed by atoms with E-state index in [0.29, 0.717) is 49.5 Å². The van der Waals surface area contributed by atoms with Crippen LogP contribution in [0.1, 0.15) is 33.6 Å². The molecule has 1 aromatic carbocycles. The van der Waals surface area contributed by atoms with Crippen molar-refractivity contribution in [3.63, 3.8) is 0 Å². The van der Waals surface area contributed by atoms with E-state index in [2.05, 4.69) is 21.7 Å². The highest BCUT2D eigenvalue weighted by molar-refractivity contribution is 7.16. The Bertz CT molecular complexity index is 1240. The van der Waals surface area contributed by atoms with Crippen molar-refractivity contribution >= 4 is 28.3 Å². The van der Waals surface area contributed by atoms with E-state index in [1.54, 1.807) is 24.4 Å². The van der Waals surface area contributed by atoms with Crippen molar-refractivity contribution in [2.24, 2.45) is 0 Å². The fraction of sp³-hybridized carbons (Fsp3) is 0.308. The molecular formula is C26H27N5O3S. The summed E-state index contributed by atoms with van der Waals surface area (Å²) in [6, 6.07) is 13.6. The van der Waals surface area contributed by atoms with Gasteiger partial charge in [0.2, 0.25) is 5.91 Å². The number of benzene rings is 1. The predicted octanol–water partition coefficient (Wildman–Crippen LogP) is 3.91. The number of nitriles is 1. The number of hydrogen-bond donors (Lipinski definition) is 2. The number of aromatic nitrogens is 1. The number of fused-ring (bicyclic) bond motifs is 1. The number of para-hydroxylation sites is 1. The van der Waals surface area contributed by atoms with Gasteiger partial charge in [-0.25, -0.2) is 4.79 Å². The van der Waals surface area contributed by atoms with Gasteiger partial charge in [0, 0.05) is 36.8 Å². The molecule has 0 atom stereocenters. The van der Waals surface area contributed by atoms with Crippen LogP contribution in [-0.4, -0.2) is 42.0 Å². The van der Waals surface area contributed by atoms with E-state index in [-0.39, 0.29) is 18.4 Å². The molecule has 0 saturated heterocycles. The Hall–Kier alpha value is -3.90. The zero-order valence-electron chi connectivity index (χ0n) is 19.5. The molecule has 0 spiro atoms. The molecule has 3 aromatic rings. The molecule has 1 aliphatic rings. The number of anilines is 1. The number of ether oxygens (including phenoxy) is 1. The Morgan fingerprint density at radius 1 is 1.23 bits per heavy atom. The summed E-state index contributed by atoms with van der Waals surface area (Å²) in [7, 11) is 1.61. The monoisotopic (exact) mass is 489 g/mol. The SMILES string of the molecule is COc1ccccc1CCC(=O)Nc1sc2c(c1C#N)CCN(C(=O)NCCc1cccnc1)C2. The fourth-order valence-corrected chi connectivity index (χ4v) is 5.33. The maximum absolute atomic E-state index is 12.7. The Balaban J connectivity index is 1.34. The number of carbonyl (C=O) groups is 2. The second-order valence-corrected chi connectivity index (χ2v) is 9.30. The smallest absolute Gasteiger partial charge is 0.317 e. The zero-order chi connectivity index (χ0) is 24.6. The largest absolute Gasteiger partial charge is 0.496 e. The number of aryl methyl sites for hydroxylation is 1. The summed E-state index contributed by atoms with van der Waals surface area (Å²) in [5, 5.41) is 16.2. The fourth-order valence-electron chi connectivity index (χ4n) is 4.10. The van der Waals surface area contributed by atoms with Gasteiger partial charge in [0.1, 0.15) is 16.8 Å². The van der Waals surface area contributed by atoms with Gasteiger partial charge in [0.05, 0.1) is 19.2 Å². The summed E-state index contributed by atoms with van der Waals surface area (Å²) in [5.41, 5.74) is 3.46. The van der Waals surface area contributed by atoms with E-state index in [1.165, 1.54) is 11.3 Å². The minimum absolute atomic E-state index is 0.131. The molecule has 0 bridgehead atoms. The lowest BCUT2D eigenvalue weighted by Crippen LogP contribution is -2.43. The van der Waals surface area contributed by atoms with Crippen molar-refractivity contribution in [3.05, 3.63) is 75.9 Å². The zero-order valence-corrected chi connectivity index (χ0v) is 20.4. The predicted molar refractivity (Wildman–Crippen MR) is 134 cm³/mol. The first-order chi connectivity index (χ1) is 17.1. The number of thiophene rings is 1. The number of hydrogen-bond acceptors (Lipinski definition) is 6. The van der Waals surface area contributed by atoms with E-state index in [0.717, 1.165) is 27.3 Å². The topological polar surface area (TPSA) is 107 Å². The third-order valence-corrected chi connectivity index (χ3v) is 7.07. The van der Waals surface area contributed by atoms with Gasteiger partial charge in [-0.05, 0) is 48.1 Å². The van der Waals surface area contributed by atoms with E-state index in [1.807, 2.05) is 36.4 Å². The number of amides is 3. The van der Waals surface area contributed by atoms with Gasteiger partial charge in [-0.15, -0.1) is 11.3 Å². The third-order valence-electron chi connectivity index (χ3n) is 5.94. The lowest BCUT2D eigenvalue weighted by molar-refractivity contribution is -0.116. The van der Waals surface area contributed by atoms with E-state index in [4.69, 9.17) is 4.74 Å². The lowest BCUT2D eigenvalue weighted by Gasteiger charge is -2.27. The number of urea groups is 1. The lowest BCUT2D eigenvalue weighted by atomic mass is 10.0. The Morgan fingerprint density at radius 3 is 2.86 bits per heavy atom. The molecule has 3 heterocycles. The van der Waals surface area contributed by atoms with Gasteiger partial charge in [-0.1, -0.05) is 24.3 Å². The first-order valence-corrected chi connectivity index (χ1v) is 12.3. The summed E-state index contributed by atoms with van der Waals surface area (Å²) >= 11 is 1.38. The van der Waals surface area contributed by atoms with Crippen LogP contribution in [0.5, 0.6) is 5.75 Å². The number of nitrogens with zero attached hydrogens (tertiary/aromatic N) is 3. The average Bonchev–Trinajstić information content (AvgIpc) is 3.24. The molecule has 35 heavy (non-hydrogen) atoms. The first kappa shape index (κ1) is 24.2. The number of nitrogens with one attached hydrogen (secondary N) is 2. The molecule has 3 amide bonds. The molecule has 0 saturated carbocycles. The van der Waals surface area contributed by atoms with Crippen LogP contribution < -0.4 is 15.4 Å². The molecule has 0 fully saturated rings. The maximum atomic E-state index is 12.7. The van der Waals surface area contributed by atoms with Crippen LogP contribution in [-0.2, 0) is 30.6 Å². The molecule has 0 unspecified atom stereocenters. The van der Waals surface area contributed by atoms with Crippen molar-refractivity contribution in [3.8, 4) is 11.8 Å². The molecule has 9 heteroatoms. The molecule has 2 N–H and O–H groups in total. The highest BCUT2D eigenvalue weighted by Crippen LogP contribution is 2.36. The van der Waals surface area contributed by atoms with Gasteiger partial charge >= 0.3 is 6.03 Å². The number of pyridine rings is 1. The van der Waals surface area contributed by atoms with Crippen molar-refractivity contribution < 1.29 is 14.3 Å². The maximum Gasteiger partial charge on any atom is 0.317 e. The van der Waals surface area contributed by atoms with Crippen molar-refractivity contribution in [1.82, 2.24) is 15.2 Å². The summed E-state index contributed by atoms with van der Waals surface area (Å²) in [6.07, 6.45) is 5.62. The van der Waals surface area contributed by atoms with Crippen molar-refractivity contribution in [2.45, 2.75) is 32.2 Å². The molecule has 180 valence electrons. The first-order valence-electron chi connectivity index (χ1n) is 11.5. The summed E-state index contributed by atoms with van der Waals surface area (Å²) in [5.74, 6) is 0.597. The van der Waals surface area contributed by atoms with Gasteiger partial charge in [0.15, 0.2) is 0 Å². The molecule has 0 aliphatic carbocycles. The van der Waals surface area contributed by atoms with Gasteiger partial charge in [-0.2, -0.15) is 5.26 Å². The summed E-state index contributed by atoms with van der Waals surface area (Å²) < 4.78 is 5.35. The van der Waals surface area contributed by atoms with Gasteiger partial charge in [0.25, 0.3) is 0 Å². The standard InChI is InChI=1S/C26H27N5O3S/c1-34-22-7-3-2-6-19(22)8-9-24(32)30-25-21(15-27)20-11-14-31(17-23(20)35-25)26(33)29-13-10-18-5-4-12-28-16-18/h2-7,12,16H,8-11,13-14,17H2,1H3,(H,29,33)(H,30,32). The van der Waals surface area contributed by atoms with Crippen molar-refractivity contribution in [1.29, 1.82) is 5.26 Å². The van der Waals surface area contributed by atoms with Gasteiger partial charge < -0.3 is 20.3 Å². The molecule has 1 aliphatic heterocycles. The highest BCUT2D eigenvalue weighted by Gasteiger charge is 2.27. The van der Waals surface area contributed by atoms with Crippen LogP contribution in [0.25, 0.3) is 0 Å². The molecule has 2 aromatic heterocycles. The van der Waals surface area contributed by atoms with E-state index in [9.17, 15) is 14.9 Å². The summed E-state index contributed by atoms with van der Waals surface area (Å²) in [6.45, 7) is 1.47. The van der Waals surface area contributed by atoms with Gasteiger partial charge in [-0.3, -0.25) is 9.78 Å². The second-order valence-electron chi connectivity index (χ2n) is 8.19. The number of methoxy groups -OCH3 is 1. The van der Waals surface area contributed by atoms with Crippen molar-refractivity contribution in [2.75, 3.05) is 25.5 Å². The van der Waals surface area contributed by atoms with Crippen LogP contribution in [0, 0.1) is 11.3 Å². The van der Waals surface area contributed by atoms with Crippen LogP contribution in [0.15, 0.2) is 48.8 Å².